The summed E-state index contributed by atoms with van der Waals surface area (Å²) in [4.78, 5) is 14.1. The van der Waals surface area contributed by atoms with Crippen LogP contribution in [0.2, 0.25) is 0 Å². The zero-order valence-electron chi connectivity index (χ0n) is 9.75. The zero-order chi connectivity index (χ0) is 11.5. The molecule has 2 heteroatoms. The Bertz CT molecular complexity index is 446. The first kappa shape index (κ1) is 11.5. The molecule has 1 aliphatic rings. The van der Waals surface area contributed by atoms with Gasteiger partial charge in [0.1, 0.15) is 0 Å². The van der Waals surface area contributed by atoms with Crippen LogP contribution in [0.25, 0.3) is 0 Å². The maximum atomic E-state index is 11.6. The first-order chi connectivity index (χ1) is 7.68. The molecule has 0 amide bonds. The summed E-state index contributed by atoms with van der Waals surface area (Å²) < 4.78 is 0. The number of carbonyl (C=O) groups excluding carboxylic acids is 1. The molecule has 0 fully saturated rings. The van der Waals surface area contributed by atoms with Crippen LogP contribution in [-0.2, 0) is 4.79 Å². The third kappa shape index (κ3) is 2.38. The molecular weight excluding hydrogens is 216 g/mol. The predicted octanol–water partition coefficient (Wildman–Crippen LogP) is 4.11. The van der Waals surface area contributed by atoms with E-state index in [2.05, 4.69) is 25.1 Å². The monoisotopic (exact) mass is 232 g/mol. The Morgan fingerprint density at radius 2 is 1.88 bits per heavy atom. The topological polar surface area (TPSA) is 17.1 Å². The number of thioether (sulfide) groups is 1. The van der Waals surface area contributed by atoms with Gasteiger partial charge in [0.25, 0.3) is 0 Å². The highest BCUT2D eigenvalue weighted by Crippen LogP contribution is 2.37. The molecule has 2 rings (SSSR count). The molecule has 0 heterocycles. The molecule has 0 aromatic heterocycles. The number of ketones is 1. The normalized spacial score (nSPS) is 16.8. The Labute approximate surface area is 101 Å². The van der Waals surface area contributed by atoms with Crippen molar-refractivity contribution in [2.45, 2.75) is 38.0 Å². The number of aryl methyl sites for hydroxylation is 1. The van der Waals surface area contributed by atoms with E-state index >= 15 is 0 Å². The van der Waals surface area contributed by atoms with Gasteiger partial charge in [-0.25, -0.2) is 0 Å². The van der Waals surface area contributed by atoms with E-state index in [0.29, 0.717) is 5.78 Å². The van der Waals surface area contributed by atoms with Crippen molar-refractivity contribution in [3.8, 4) is 0 Å². The summed E-state index contributed by atoms with van der Waals surface area (Å²) in [6, 6.07) is 8.34. The Morgan fingerprint density at radius 3 is 2.62 bits per heavy atom. The largest absolute Gasteiger partial charge is 0.295 e. The van der Waals surface area contributed by atoms with Crippen LogP contribution in [0.4, 0.5) is 0 Å². The lowest BCUT2D eigenvalue weighted by Gasteiger charge is -2.16. The highest BCUT2D eigenvalue weighted by molar-refractivity contribution is 8.03. The molecule has 1 aromatic rings. The van der Waals surface area contributed by atoms with Crippen LogP contribution < -0.4 is 0 Å². The number of carbonyl (C=O) groups is 1. The number of allylic oxidation sites excluding steroid dienone is 2. The van der Waals surface area contributed by atoms with Crippen LogP contribution in [0.15, 0.2) is 39.6 Å². The number of rotatable bonds is 2. The standard InChI is InChI=1S/C14H16OS/c1-10-6-3-4-8-13(10)16-14-9-5-7-12(15)11(14)2/h3-4,6,8H,5,7,9H2,1-2H3. The minimum Gasteiger partial charge on any atom is -0.295 e. The molecule has 16 heavy (non-hydrogen) atoms. The quantitative estimate of drug-likeness (QED) is 0.763. The Balaban J connectivity index is 2.25. The van der Waals surface area contributed by atoms with Gasteiger partial charge < -0.3 is 0 Å². The van der Waals surface area contributed by atoms with Gasteiger partial charge in [-0.3, -0.25) is 4.79 Å². The van der Waals surface area contributed by atoms with Gasteiger partial charge in [-0.2, -0.15) is 0 Å². The van der Waals surface area contributed by atoms with Gasteiger partial charge in [-0.15, -0.1) is 0 Å². The maximum Gasteiger partial charge on any atom is 0.159 e. The molecule has 0 atom stereocenters. The minimum absolute atomic E-state index is 0.322. The fourth-order valence-electron chi connectivity index (χ4n) is 1.87. The number of hydrogen-bond acceptors (Lipinski definition) is 2. The third-order valence-electron chi connectivity index (χ3n) is 2.97. The number of hydrogen-bond donors (Lipinski definition) is 0. The molecule has 0 aliphatic heterocycles. The van der Waals surface area contributed by atoms with Crippen molar-refractivity contribution in [2.75, 3.05) is 0 Å². The van der Waals surface area contributed by atoms with Crippen molar-refractivity contribution < 1.29 is 4.79 Å². The zero-order valence-corrected chi connectivity index (χ0v) is 10.6. The molecule has 0 radical (unpaired) electrons. The van der Waals surface area contributed by atoms with E-state index < -0.39 is 0 Å². The highest BCUT2D eigenvalue weighted by Gasteiger charge is 2.17. The summed E-state index contributed by atoms with van der Waals surface area (Å²) in [6.45, 7) is 4.07. The minimum atomic E-state index is 0.322. The molecule has 1 aliphatic carbocycles. The smallest absolute Gasteiger partial charge is 0.159 e. The van der Waals surface area contributed by atoms with Crippen molar-refractivity contribution in [3.05, 3.63) is 40.3 Å². The molecule has 0 saturated carbocycles. The molecule has 0 saturated heterocycles. The molecular formula is C14H16OS. The fourth-order valence-corrected chi connectivity index (χ4v) is 3.03. The molecule has 1 nitrogen and oxygen atoms in total. The van der Waals surface area contributed by atoms with Crippen molar-refractivity contribution >= 4 is 17.5 Å². The van der Waals surface area contributed by atoms with Gasteiger partial charge in [-0.1, -0.05) is 30.0 Å². The van der Waals surface area contributed by atoms with Crippen molar-refractivity contribution in [2.24, 2.45) is 0 Å². The first-order valence-corrected chi connectivity index (χ1v) is 6.46. The Hall–Kier alpha value is -1.02. The van der Waals surface area contributed by atoms with Gasteiger partial charge in [0.05, 0.1) is 0 Å². The van der Waals surface area contributed by atoms with Gasteiger partial charge >= 0.3 is 0 Å². The van der Waals surface area contributed by atoms with E-state index in [4.69, 9.17) is 0 Å². The second kappa shape index (κ2) is 4.88. The second-order valence-corrected chi connectivity index (χ2v) is 5.33. The number of Topliss-reactive ketones (excluding diaryl/α,β-unsaturated/α-hetero) is 1. The average molecular weight is 232 g/mol. The lowest BCUT2D eigenvalue weighted by atomic mass is 9.99. The summed E-state index contributed by atoms with van der Waals surface area (Å²) >= 11 is 1.76. The Kier molecular flexibility index (Phi) is 3.49. The fraction of sp³-hybridized carbons (Fsp3) is 0.357. The van der Waals surface area contributed by atoms with Gasteiger partial charge in [0.15, 0.2) is 5.78 Å². The summed E-state index contributed by atoms with van der Waals surface area (Å²) in [6.07, 6.45) is 2.78. The van der Waals surface area contributed by atoms with E-state index in [0.717, 1.165) is 24.8 Å². The summed E-state index contributed by atoms with van der Waals surface area (Å²) in [5.41, 5.74) is 2.25. The molecule has 0 N–H and O–H groups in total. The van der Waals surface area contributed by atoms with Crippen LogP contribution in [0, 0.1) is 6.92 Å². The van der Waals surface area contributed by atoms with E-state index in [1.165, 1.54) is 15.4 Å². The van der Waals surface area contributed by atoms with Gasteiger partial charge in [0.2, 0.25) is 0 Å². The molecule has 84 valence electrons. The van der Waals surface area contributed by atoms with E-state index in [9.17, 15) is 4.79 Å². The molecule has 1 aromatic carbocycles. The Morgan fingerprint density at radius 1 is 1.12 bits per heavy atom. The summed E-state index contributed by atoms with van der Waals surface area (Å²) in [5.74, 6) is 0.322. The summed E-state index contributed by atoms with van der Waals surface area (Å²) in [5, 5.41) is 0. The maximum absolute atomic E-state index is 11.6. The number of benzene rings is 1. The van der Waals surface area contributed by atoms with E-state index in [1.807, 2.05) is 13.0 Å². The molecule has 0 spiro atoms. The second-order valence-electron chi connectivity index (χ2n) is 4.19. The molecule has 0 bridgehead atoms. The van der Waals surface area contributed by atoms with E-state index in [1.54, 1.807) is 11.8 Å². The van der Waals surface area contributed by atoms with Gasteiger partial charge in [-0.05, 0) is 43.2 Å². The lowest BCUT2D eigenvalue weighted by molar-refractivity contribution is -0.115. The van der Waals surface area contributed by atoms with Crippen molar-refractivity contribution in [1.82, 2.24) is 0 Å². The molecule has 0 unspecified atom stereocenters. The van der Waals surface area contributed by atoms with Crippen LogP contribution >= 0.6 is 11.8 Å². The van der Waals surface area contributed by atoms with Gasteiger partial charge in [0, 0.05) is 16.9 Å². The lowest BCUT2D eigenvalue weighted by Crippen LogP contribution is -2.07. The third-order valence-corrected chi connectivity index (χ3v) is 4.41. The summed E-state index contributed by atoms with van der Waals surface area (Å²) in [7, 11) is 0. The van der Waals surface area contributed by atoms with Crippen molar-refractivity contribution in [1.29, 1.82) is 0 Å². The first-order valence-electron chi connectivity index (χ1n) is 5.65. The van der Waals surface area contributed by atoms with Crippen LogP contribution in [0.1, 0.15) is 31.7 Å². The van der Waals surface area contributed by atoms with E-state index in [-0.39, 0.29) is 0 Å². The highest BCUT2D eigenvalue weighted by atomic mass is 32.2. The van der Waals surface area contributed by atoms with Crippen LogP contribution in [0.5, 0.6) is 0 Å². The average Bonchev–Trinajstić information content (AvgIpc) is 2.28. The van der Waals surface area contributed by atoms with Crippen LogP contribution in [0.3, 0.4) is 0 Å². The predicted molar refractivity (Wildman–Crippen MR) is 68.6 cm³/mol. The van der Waals surface area contributed by atoms with Crippen molar-refractivity contribution in [3.63, 3.8) is 0 Å². The SMILES string of the molecule is CC1=C(Sc2ccccc2C)CCCC1=O. The van der Waals surface area contributed by atoms with Crippen LogP contribution in [-0.4, -0.2) is 5.78 Å².